The number of nitrogens with one attached hydrogen (secondary N) is 1. The van der Waals surface area contributed by atoms with Crippen molar-refractivity contribution in [2.45, 2.75) is 38.5 Å². The van der Waals surface area contributed by atoms with Gasteiger partial charge in [0.15, 0.2) is 10.7 Å². The summed E-state index contributed by atoms with van der Waals surface area (Å²) in [7, 11) is -3.83. The van der Waals surface area contributed by atoms with Gasteiger partial charge in [0.2, 0.25) is 15.9 Å². The number of piperidine rings is 1. The van der Waals surface area contributed by atoms with Crippen molar-refractivity contribution in [3.8, 4) is 5.75 Å². The molecular formula is C27H31N3O5S. The van der Waals surface area contributed by atoms with Crippen LogP contribution in [0.5, 0.6) is 5.75 Å². The van der Waals surface area contributed by atoms with Gasteiger partial charge in [-0.15, -0.1) is 0 Å². The molecule has 1 saturated heterocycles. The molecule has 2 aromatic carbocycles. The third-order valence-electron chi connectivity index (χ3n) is 6.19. The molecule has 1 aliphatic rings. The maximum Gasteiger partial charge on any atom is 0.248 e. The standard InChI is InChI=1S/C27H31N3O5S/c1-4-34-24-12-10-23(11-13-24)28-27(31)22-15-17-30(18-16-22)36(32,33)26-20(3)29-35-25(26)14-9-21-7-5-19(2)6-8-21/h5-14,22H,4,15-18H2,1-3H3,(H,28,31). The number of sulfonamides is 1. The van der Waals surface area contributed by atoms with Gasteiger partial charge in [0.1, 0.15) is 11.4 Å². The fourth-order valence-electron chi connectivity index (χ4n) is 4.18. The number of ether oxygens (including phenoxy) is 1. The second-order valence-corrected chi connectivity index (χ2v) is 10.7. The summed E-state index contributed by atoms with van der Waals surface area (Å²) in [4.78, 5) is 12.8. The molecule has 1 fully saturated rings. The lowest BCUT2D eigenvalue weighted by Gasteiger charge is -2.30. The largest absolute Gasteiger partial charge is 0.494 e. The molecule has 0 saturated carbocycles. The predicted octanol–water partition coefficient (Wildman–Crippen LogP) is 4.90. The monoisotopic (exact) mass is 509 g/mol. The molecular weight excluding hydrogens is 478 g/mol. The molecule has 0 bridgehead atoms. The van der Waals surface area contributed by atoms with Crippen LogP contribution in [0.1, 0.15) is 42.3 Å². The van der Waals surface area contributed by atoms with E-state index in [2.05, 4.69) is 10.5 Å². The van der Waals surface area contributed by atoms with Crippen molar-refractivity contribution in [3.05, 3.63) is 71.1 Å². The number of amides is 1. The number of carbonyl (C=O) groups is 1. The van der Waals surface area contributed by atoms with Gasteiger partial charge >= 0.3 is 0 Å². The van der Waals surface area contributed by atoms with Gasteiger partial charge in [0.25, 0.3) is 0 Å². The van der Waals surface area contributed by atoms with E-state index in [0.29, 0.717) is 30.8 Å². The molecule has 1 N–H and O–H groups in total. The van der Waals surface area contributed by atoms with Crippen molar-refractivity contribution >= 4 is 33.8 Å². The molecule has 3 aromatic rings. The van der Waals surface area contributed by atoms with Crippen molar-refractivity contribution in [2.24, 2.45) is 5.92 Å². The molecule has 0 radical (unpaired) electrons. The van der Waals surface area contributed by atoms with Crippen LogP contribution in [0.4, 0.5) is 5.69 Å². The summed E-state index contributed by atoms with van der Waals surface area (Å²) in [5.41, 5.74) is 3.07. The van der Waals surface area contributed by atoms with Crippen LogP contribution < -0.4 is 10.1 Å². The zero-order valence-corrected chi connectivity index (χ0v) is 21.5. The van der Waals surface area contributed by atoms with E-state index in [1.54, 1.807) is 43.3 Å². The third kappa shape index (κ3) is 5.85. The van der Waals surface area contributed by atoms with Crippen LogP contribution in [0, 0.1) is 19.8 Å². The Morgan fingerprint density at radius 2 is 1.75 bits per heavy atom. The minimum absolute atomic E-state index is 0.0724. The first-order valence-corrected chi connectivity index (χ1v) is 13.5. The molecule has 0 unspecified atom stereocenters. The number of hydrogen-bond acceptors (Lipinski definition) is 6. The van der Waals surface area contributed by atoms with Crippen LogP contribution in [0.2, 0.25) is 0 Å². The Kier molecular flexibility index (Phi) is 7.91. The Hall–Kier alpha value is -3.43. The highest BCUT2D eigenvalue weighted by Gasteiger charge is 2.35. The second-order valence-electron chi connectivity index (χ2n) is 8.83. The Morgan fingerprint density at radius 1 is 1.08 bits per heavy atom. The van der Waals surface area contributed by atoms with Crippen LogP contribution >= 0.6 is 0 Å². The van der Waals surface area contributed by atoms with E-state index >= 15 is 0 Å². The van der Waals surface area contributed by atoms with Crippen LogP contribution in [0.3, 0.4) is 0 Å². The molecule has 0 spiro atoms. The fourth-order valence-corrected chi connectivity index (χ4v) is 5.90. The normalized spacial score (nSPS) is 15.3. The van der Waals surface area contributed by atoms with Crippen LogP contribution in [0.15, 0.2) is 57.9 Å². The number of anilines is 1. The van der Waals surface area contributed by atoms with Crippen molar-refractivity contribution < 1.29 is 22.5 Å². The van der Waals surface area contributed by atoms with Crippen molar-refractivity contribution in [1.29, 1.82) is 0 Å². The van der Waals surface area contributed by atoms with Crippen molar-refractivity contribution in [3.63, 3.8) is 0 Å². The Morgan fingerprint density at radius 3 is 2.39 bits per heavy atom. The van der Waals surface area contributed by atoms with Gasteiger partial charge in [-0.05, 0) is 69.5 Å². The maximum absolute atomic E-state index is 13.5. The van der Waals surface area contributed by atoms with Gasteiger partial charge in [-0.3, -0.25) is 4.79 Å². The Bertz CT molecular complexity index is 1320. The summed E-state index contributed by atoms with van der Waals surface area (Å²) in [5, 5.41) is 6.83. The topological polar surface area (TPSA) is 102 Å². The van der Waals surface area contributed by atoms with Gasteiger partial charge in [0.05, 0.1) is 6.61 Å². The molecule has 0 aliphatic carbocycles. The molecule has 4 rings (SSSR count). The molecule has 36 heavy (non-hydrogen) atoms. The first-order chi connectivity index (χ1) is 17.3. The van der Waals surface area contributed by atoms with E-state index in [1.807, 2.05) is 38.1 Å². The van der Waals surface area contributed by atoms with E-state index in [0.717, 1.165) is 16.9 Å². The van der Waals surface area contributed by atoms with E-state index in [9.17, 15) is 13.2 Å². The summed E-state index contributed by atoms with van der Waals surface area (Å²) < 4.78 is 39.1. The van der Waals surface area contributed by atoms with Crippen LogP contribution in [0.25, 0.3) is 12.2 Å². The van der Waals surface area contributed by atoms with Crippen molar-refractivity contribution in [2.75, 3.05) is 25.0 Å². The van der Waals surface area contributed by atoms with Gasteiger partial charge in [-0.1, -0.05) is 41.1 Å². The van der Waals surface area contributed by atoms with Crippen LogP contribution in [-0.2, 0) is 14.8 Å². The number of aryl methyl sites for hydroxylation is 2. The molecule has 1 amide bonds. The SMILES string of the molecule is CCOc1ccc(NC(=O)C2CCN(S(=O)(=O)c3c(C)noc3C=Cc3ccc(C)cc3)CC2)cc1. The summed E-state index contributed by atoms with van der Waals surface area (Å²) in [6, 6.07) is 15.1. The molecule has 0 atom stereocenters. The number of rotatable bonds is 8. The minimum Gasteiger partial charge on any atom is -0.494 e. The first-order valence-electron chi connectivity index (χ1n) is 12.0. The summed E-state index contributed by atoms with van der Waals surface area (Å²) in [6.45, 7) is 6.61. The average Bonchev–Trinajstić information content (AvgIpc) is 3.26. The molecule has 1 aromatic heterocycles. The number of carbonyl (C=O) groups excluding carboxylic acids is 1. The highest BCUT2D eigenvalue weighted by molar-refractivity contribution is 7.89. The number of hydrogen-bond donors (Lipinski definition) is 1. The van der Waals surface area contributed by atoms with E-state index in [-0.39, 0.29) is 35.6 Å². The van der Waals surface area contributed by atoms with E-state index in [4.69, 9.17) is 9.26 Å². The smallest absolute Gasteiger partial charge is 0.248 e. The zero-order chi connectivity index (χ0) is 25.7. The molecule has 190 valence electrons. The third-order valence-corrected chi connectivity index (χ3v) is 8.25. The lowest BCUT2D eigenvalue weighted by Crippen LogP contribution is -2.41. The van der Waals surface area contributed by atoms with Gasteiger partial charge < -0.3 is 14.6 Å². The quantitative estimate of drug-likeness (QED) is 0.463. The first kappa shape index (κ1) is 25.7. The van der Waals surface area contributed by atoms with Gasteiger partial charge in [0, 0.05) is 24.7 Å². The molecule has 2 heterocycles. The van der Waals surface area contributed by atoms with Crippen molar-refractivity contribution in [1.82, 2.24) is 9.46 Å². The Balaban J connectivity index is 1.40. The number of aromatic nitrogens is 1. The summed E-state index contributed by atoms with van der Waals surface area (Å²) >= 11 is 0. The highest BCUT2D eigenvalue weighted by atomic mass is 32.2. The summed E-state index contributed by atoms with van der Waals surface area (Å²) in [6.07, 6.45) is 4.30. The minimum atomic E-state index is -3.83. The lowest BCUT2D eigenvalue weighted by molar-refractivity contribution is -0.120. The zero-order valence-electron chi connectivity index (χ0n) is 20.7. The number of nitrogens with zero attached hydrogens (tertiary/aromatic N) is 2. The Labute approximate surface area is 212 Å². The summed E-state index contributed by atoms with van der Waals surface area (Å²) in [5.74, 6) is 0.557. The highest BCUT2D eigenvalue weighted by Crippen LogP contribution is 2.30. The number of benzene rings is 2. The average molecular weight is 510 g/mol. The molecule has 8 nitrogen and oxygen atoms in total. The fraction of sp³-hybridized carbons (Fsp3) is 0.333. The molecule has 9 heteroatoms. The van der Waals surface area contributed by atoms with Gasteiger partial charge in [-0.2, -0.15) is 4.31 Å². The predicted molar refractivity (Wildman–Crippen MR) is 139 cm³/mol. The lowest BCUT2D eigenvalue weighted by atomic mass is 9.97. The molecule has 1 aliphatic heterocycles. The van der Waals surface area contributed by atoms with E-state index in [1.165, 1.54) is 4.31 Å². The van der Waals surface area contributed by atoms with E-state index < -0.39 is 10.0 Å². The van der Waals surface area contributed by atoms with Gasteiger partial charge in [-0.25, -0.2) is 8.42 Å². The van der Waals surface area contributed by atoms with Crippen LogP contribution in [-0.4, -0.2) is 43.5 Å². The second kappa shape index (κ2) is 11.1. The maximum atomic E-state index is 13.5.